The molecule has 4 nitrogen and oxygen atoms in total. The Morgan fingerprint density at radius 1 is 1.58 bits per heavy atom. The fourth-order valence-electron chi connectivity index (χ4n) is 2.12. The molecular weight excluding hydrogens is 247 g/mol. The zero-order chi connectivity index (χ0) is 14.0. The second-order valence-corrected chi connectivity index (χ2v) is 4.85. The average molecular weight is 264 g/mol. The van der Waals surface area contributed by atoms with Crippen molar-refractivity contribution in [2.45, 2.75) is 38.6 Å². The van der Waals surface area contributed by atoms with Crippen LogP contribution in [0.2, 0.25) is 0 Å². The van der Waals surface area contributed by atoms with E-state index in [-0.39, 0.29) is 24.3 Å². The normalized spacial score (nSPS) is 19.3. The SMILES string of the molecule is CCC(C)NC(=O)[C@@H]1CC(=O)Nc2cc(F)ccc21. The van der Waals surface area contributed by atoms with Crippen LogP contribution >= 0.6 is 0 Å². The molecule has 1 heterocycles. The van der Waals surface area contributed by atoms with Gasteiger partial charge in [-0.3, -0.25) is 9.59 Å². The summed E-state index contributed by atoms with van der Waals surface area (Å²) in [5.74, 6) is -1.42. The highest BCUT2D eigenvalue weighted by Crippen LogP contribution is 2.32. The summed E-state index contributed by atoms with van der Waals surface area (Å²) in [4.78, 5) is 23.8. The van der Waals surface area contributed by atoms with Crippen molar-refractivity contribution in [3.8, 4) is 0 Å². The molecule has 1 aliphatic rings. The van der Waals surface area contributed by atoms with E-state index in [1.807, 2.05) is 13.8 Å². The minimum absolute atomic E-state index is 0.0568. The minimum atomic E-state index is -0.543. The molecule has 0 fully saturated rings. The molecule has 1 unspecified atom stereocenters. The van der Waals surface area contributed by atoms with Crippen molar-refractivity contribution in [2.75, 3.05) is 5.32 Å². The van der Waals surface area contributed by atoms with E-state index < -0.39 is 11.7 Å². The number of benzene rings is 1. The van der Waals surface area contributed by atoms with Crippen LogP contribution < -0.4 is 10.6 Å². The number of fused-ring (bicyclic) bond motifs is 1. The molecule has 1 aromatic rings. The zero-order valence-electron chi connectivity index (χ0n) is 11.0. The molecule has 0 spiro atoms. The summed E-state index contributed by atoms with van der Waals surface area (Å²) in [7, 11) is 0. The van der Waals surface area contributed by atoms with E-state index in [0.29, 0.717) is 11.3 Å². The average Bonchev–Trinajstić information content (AvgIpc) is 2.36. The third-order valence-electron chi connectivity index (χ3n) is 3.37. The van der Waals surface area contributed by atoms with Crippen LogP contribution in [0.15, 0.2) is 18.2 Å². The van der Waals surface area contributed by atoms with Gasteiger partial charge in [0, 0.05) is 18.2 Å². The summed E-state index contributed by atoms with van der Waals surface area (Å²) in [6.07, 6.45) is 0.918. The molecule has 102 valence electrons. The molecule has 1 aromatic carbocycles. The van der Waals surface area contributed by atoms with Crippen molar-refractivity contribution in [3.05, 3.63) is 29.6 Å². The van der Waals surface area contributed by atoms with Crippen molar-refractivity contribution >= 4 is 17.5 Å². The van der Waals surface area contributed by atoms with Gasteiger partial charge in [-0.25, -0.2) is 4.39 Å². The maximum Gasteiger partial charge on any atom is 0.228 e. The molecule has 2 atom stereocenters. The van der Waals surface area contributed by atoms with Gasteiger partial charge in [-0.05, 0) is 31.0 Å². The van der Waals surface area contributed by atoms with E-state index in [2.05, 4.69) is 10.6 Å². The Morgan fingerprint density at radius 2 is 2.32 bits per heavy atom. The van der Waals surface area contributed by atoms with Crippen LogP contribution in [0.3, 0.4) is 0 Å². The van der Waals surface area contributed by atoms with E-state index >= 15 is 0 Å². The lowest BCUT2D eigenvalue weighted by Gasteiger charge is -2.26. The smallest absolute Gasteiger partial charge is 0.228 e. The maximum atomic E-state index is 13.2. The topological polar surface area (TPSA) is 58.2 Å². The minimum Gasteiger partial charge on any atom is -0.353 e. The van der Waals surface area contributed by atoms with Crippen molar-refractivity contribution in [3.63, 3.8) is 0 Å². The molecule has 19 heavy (non-hydrogen) atoms. The van der Waals surface area contributed by atoms with Crippen molar-refractivity contribution < 1.29 is 14.0 Å². The predicted molar refractivity (Wildman–Crippen MR) is 70.3 cm³/mol. The van der Waals surface area contributed by atoms with Gasteiger partial charge < -0.3 is 10.6 Å². The van der Waals surface area contributed by atoms with Gasteiger partial charge in [0.05, 0.1) is 5.92 Å². The first-order valence-electron chi connectivity index (χ1n) is 6.41. The number of hydrogen-bond donors (Lipinski definition) is 2. The van der Waals surface area contributed by atoms with Crippen molar-refractivity contribution in [2.24, 2.45) is 0 Å². The second kappa shape index (κ2) is 5.38. The molecular formula is C14H17FN2O2. The fraction of sp³-hybridized carbons (Fsp3) is 0.429. The van der Waals surface area contributed by atoms with E-state index in [9.17, 15) is 14.0 Å². The molecule has 0 aromatic heterocycles. The molecule has 0 radical (unpaired) electrons. The number of carbonyl (C=O) groups is 2. The molecule has 2 rings (SSSR count). The van der Waals surface area contributed by atoms with Gasteiger partial charge in [-0.15, -0.1) is 0 Å². The van der Waals surface area contributed by atoms with Gasteiger partial charge >= 0.3 is 0 Å². The number of anilines is 1. The Bertz CT molecular complexity index is 516. The Morgan fingerprint density at radius 3 is 3.00 bits per heavy atom. The van der Waals surface area contributed by atoms with Gasteiger partial charge in [-0.2, -0.15) is 0 Å². The zero-order valence-corrected chi connectivity index (χ0v) is 11.0. The number of halogens is 1. The maximum absolute atomic E-state index is 13.2. The number of nitrogens with one attached hydrogen (secondary N) is 2. The number of rotatable bonds is 3. The van der Waals surface area contributed by atoms with Crippen LogP contribution in [0.25, 0.3) is 0 Å². The van der Waals surface area contributed by atoms with Crippen molar-refractivity contribution in [1.29, 1.82) is 0 Å². The molecule has 0 saturated carbocycles. The van der Waals surface area contributed by atoms with Crippen LogP contribution in [0.4, 0.5) is 10.1 Å². The first-order chi connectivity index (χ1) is 9.01. The summed E-state index contributed by atoms with van der Waals surface area (Å²) in [6, 6.07) is 4.17. The summed E-state index contributed by atoms with van der Waals surface area (Å²) in [5.41, 5.74) is 1.06. The fourth-order valence-corrected chi connectivity index (χ4v) is 2.12. The van der Waals surface area contributed by atoms with Gasteiger partial charge in [0.15, 0.2) is 0 Å². The Hall–Kier alpha value is -1.91. The Kier molecular flexibility index (Phi) is 3.83. The van der Waals surface area contributed by atoms with Crippen LogP contribution in [-0.2, 0) is 9.59 Å². The summed E-state index contributed by atoms with van der Waals surface area (Å²) in [5, 5.41) is 5.46. The standard InChI is InChI=1S/C14H17FN2O2/c1-3-8(2)16-14(19)11-7-13(18)17-12-6-9(15)4-5-10(11)12/h4-6,8,11H,3,7H2,1-2H3,(H,16,19)(H,17,18)/t8?,11-/m1/s1. The molecule has 0 aliphatic carbocycles. The van der Waals surface area contributed by atoms with E-state index in [4.69, 9.17) is 0 Å². The number of hydrogen-bond acceptors (Lipinski definition) is 2. The van der Waals surface area contributed by atoms with Gasteiger partial charge in [0.1, 0.15) is 5.82 Å². The quantitative estimate of drug-likeness (QED) is 0.879. The first kappa shape index (κ1) is 13.5. The highest BCUT2D eigenvalue weighted by Gasteiger charge is 2.31. The summed E-state index contributed by atoms with van der Waals surface area (Å²) < 4.78 is 13.2. The predicted octanol–water partition coefficient (Wildman–Crippen LogP) is 2.17. The highest BCUT2D eigenvalue weighted by molar-refractivity contribution is 6.01. The largest absolute Gasteiger partial charge is 0.353 e. The second-order valence-electron chi connectivity index (χ2n) is 4.85. The monoisotopic (exact) mass is 264 g/mol. The molecule has 2 N–H and O–H groups in total. The van der Waals surface area contributed by atoms with Crippen molar-refractivity contribution in [1.82, 2.24) is 5.32 Å². The molecule has 1 aliphatic heterocycles. The molecule has 2 amide bonds. The lowest BCUT2D eigenvalue weighted by Crippen LogP contribution is -2.39. The van der Waals surface area contributed by atoms with Gasteiger partial charge in [0.25, 0.3) is 0 Å². The number of carbonyl (C=O) groups excluding carboxylic acids is 2. The third-order valence-corrected chi connectivity index (χ3v) is 3.37. The van der Waals surface area contributed by atoms with Crippen LogP contribution in [0, 0.1) is 5.82 Å². The lowest BCUT2D eigenvalue weighted by molar-refractivity contribution is -0.126. The number of amides is 2. The third kappa shape index (κ3) is 2.92. The molecule has 5 heteroatoms. The van der Waals surface area contributed by atoms with Crippen LogP contribution in [-0.4, -0.2) is 17.9 Å². The lowest BCUT2D eigenvalue weighted by atomic mass is 9.89. The summed E-state index contributed by atoms with van der Waals surface area (Å²) >= 11 is 0. The highest BCUT2D eigenvalue weighted by atomic mass is 19.1. The first-order valence-corrected chi connectivity index (χ1v) is 6.41. The van der Waals surface area contributed by atoms with Gasteiger partial charge in [0.2, 0.25) is 11.8 Å². The summed E-state index contributed by atoms with van der Waals surface area (Å²) in [6.45, 7) is 3.88. The Labute approximate surface area is 111 Å². The van der Waals surface area contributed by atoms with Crippen LogP contribution in [0.1, 0.15) is 38.2 Å². The molecule has 0 saturated heterocycles. The molecule has 0 bridgehead atoms. The van der Waals surface area contributed by atoms with E-state index in [1.165, 1.54) is 12.1 Å². The Balaban J connectivity index is 2.27. The van der Waals surface area contributed by atoms with E-state index in [1.54, 1.807) is 6.07 Å². The van der Waals surface area contributed by atoms with E-state index in [0.717, 1.165) is 6.42 Å². The van der Waals surface area contributed by atoms with Crippen LogP contribution in [0.5, 0.6) is 0 Å². The van der Waals surface area contributed by atoms with Gasteiger partial charge in [-0.1, -0.05) is 13.0 Å².